The zero-order chi connectivity index (χ0) is 13.6. The fraction of sp³-hybridized carbons (Fsp3) is 0.300. The molecule has 3 rings (SSSR count). The highest BCUT2D eigenvalue weighted by atomic mass is 14.3. The maximum Gasteiger partial charge on any atom is -0.00900 e. The minimum Gasteiger partial charge on any atom is -0.0885 e. The van der Waals surface area contributed by atoms with Gasteiger partial charge in [-0.3, -0.25) is 0 Å². The zero-order valence-corrected chi connectivity index (χ0v) is 11.9. The molecule has 1 aliphatic rings. The van der Waals surface area contributed by atoms with E-state index < -0.39 is 0 Å². The van der Waals surface area contributed by atoms with E-state index in [0.29, 0.717) is 11.8 Å². The second kappa shape index (κ2) is 6.56. The topological polar surface area (TPSA) is 0 Å². The third-order valence-electron chi connectivity index (χ3n) is 4.40. The van der Waals surface area contributed by atoms with Gasteiger partial charge in [-0.05, 0) is 48.6 Å². The second-order valence-electron chi connectivity index (χ2n) is 5.66. The molecule has 2 aromatic rings. The van der Waals surface area contributed by atoms with Crippen LogP contribution in [0.3, 0.4) is 0 Å². The fourth-order valence-corrected chi connectivity index (χ4v) is 3.39. The first-order chi connectivity index (χ1) is 9.95. The molecule has 2 unspecified atom stereocenters. The van der Waals surface area contributed by atoms with Gasteiger partial charge in [-0.25, -0.2) is 0 Å². The van der Waals surface area contributed by atoms with Crippen molar-refractivity contribution < 1.29 is 0 Å². The van der Waals surface area contributed by atoms with Crippen molar-refractivity contribution in [3.63, 3.8) is 0 Å². The number of benzene rings is 2. The number of hydrogen-bond donors (Lipinski definition) is 0. The van der Waals surface area contributed by atoms with Crippen LogP contribution in [0.15, 0.2) is 72.8 Å². The maximum absolute atomic E-state index is 2.36. The molecule has 1 aliphatic carbocycles. The molecule has 2 aromatic carbocycles. The lowest BCUT2D eigenvalue weighted by atomic mass is 9.75. The van der Waals surface area contributed by atoms with E-state index >= 15 is 0 Å². The Bertz CT molecular complexity index is 487. The monoisotopic (exact) mass is 262 g/mol. The molecule has 0 N–H and O–H groups in total. The summed E-state index contributed by atoms with van der Waals surface area (Å²) in [5, 5.41) is 0. The van der Waals surface area contributed by atoms with Crippen LogP contribution < -0.4 is 0 Å². The van der Waals surface area contributed by atoms with Crippen LogP contribution in [0.25, 0.3) is 0 Å². The van der Waals surface area contributed by atoms with Crippen molar-refractivity contribution in [2.75, 3.05) is 0 Å². The predicted molar refractivity (Wildman–Crippen MR) is 86.0 cm³/mol. The summed E-state index contributed by atoms with van der Waals surface area (Å²) in [4.78, 5) is 0. The maximum atomic E-state index is 2.36. The van der Waals surface area contributed by atoms with Gasteiger partial charge in [0.15, 0.2) is 0 Å². The Morgan fingerprint density at radius 2 is 0.950 bits per heavy atom. The number of allylic oxidation sites excluding steroid dienone is 2. The van der Waals surface area contributed by atoms with Crippen LogP contribution in [-0.4, -0.2) is 0 Å². The van der Waals surface area contributed by atoms with Gasteiger partial charge in [-0.1, -0.05) is 72.8 Å². The average molecular weight is 262 g/mol. The molecular weight excluding hydrogens is 240 g/mol. The molecule has 0 saturated carbocycles. The summed E-state index contributed by atoms with van der Waals surface area (Å²) in [5.41, 5.74) is 2.99. The Labute approximate surface area is 122 Å². The summed E-state index contributed by atoms with van der Waals surface area (Å²) in [7, 11) is 0. The molecule has 0 bridgehead atoms. The van der Waals surface area contributed by atoms with E-state index in [4.69, 9.17) is 0 Å². The summed E-state index contributed by atoms with van der Waals surface area (Å²) in [6.45, 7) is 0. The van der Waals surface area contributed by atoms with Gasteiger partial charge in [0, 0.05) is 0 Å². The molecule has 0 aliphatic heterocycles. The van der Waals surface area contributed by atoms with Gasteiger partial charge in [0.1, 0.15) is 0 Å². The Morgan fingerprint density at radius 3 is 1.35 bits per heavy atom. The van der Waals surface area contributed by atoms with E-state index in [9.17, 15) is 0 Å². The summed E-state index contributed by atoms with van der Waals surface area (Å²) in [6.07, 6.45) is 9.61. The summed E-state index contributed by atoms with van der Waals surface area (Å²) in [6, 6.07) is 22.1. The van der Waals surface area contributed by atoms with Crippen LogP contribution in [0.2, 0.25) is 0 Å². The SMILES string of the molecule is C1=C\CCC(c2ccccc2)C(c2ccccc2)CC/1. The molecular formula is C20H22. The summed E-state index contributed by atoms with van der Waals surface area (Å²) >= 11 is 0. The summed E-state index contributed by atoms with van der Waals surface area (Å²) < 4.78 is 0. The predicted octanol–water partition coefficient (Wildman–Crippen LogP) is 5.68. The molecule has 0 fully saturated rings. The highest BCUT2D eigenvalue weighted by molar-refractivity contribution is 5.29. The number of rotatable bonds is 2. The molecule has 0 aromatic heterocycles. The molecule has 0 saturated heterocycles. The molecule has 0 heterocycles. The lowest BCUT2D eigenvalue weighted by molar-refractivity contribution is 0.475. The molecule has 102 valence electrons. The van der Waals surface area contributed by atoms with Gasteiger partial charge in [-0.15, -0.1) is 0 Å². The molecule has 0 spiro atoms. The largest absolute Gasteiger partial charge is 0.0885 e. The first-order valence-corrected chi connectivity index (χ1v) is 7.70. The first-order valence-electron chi connectivity index (χ1n) is 7.70. The lowest BCUT2D eigenvalue weighted by Crippen LogP contribution is -2.12. The summed E-state index contributed by atoms with van der Waals surface area (Å²) in [5.74, 6) is 1.28. The highest BCUT2D eigenvalue weighted by Crippen LogP contribution is 2.40. The molecule has 0 nitrogen and oxygen atoms in total. The standard InChI is InChI=1S/C20H22/c1-2-10-16-20(18-13-7-4-8-14-18)19(15-9-1)17-11-5-3-6-12-17/h1-8,11-14,19-20H,9-10,15-16H2/b2-1-. The van der Waals surface area contributed by atoms with Crippen LogP contribution in [-0.2, 0) is 0 Å². The van der Waals surface area contributed by atoms with E-state index in [-0.39, 0.29) is 0 Å². The normalized spacial score (nSPS) is 24.6. The Hall–Kier alpha value is -1.82. The van der Waals surface area contributed by atoms with E-state index in [2.05, 4.69) is 72.8 Å². The smallest absolute Gasteiger partial charge is 0.00900 e. The van der Waals surface area contributed by atoms with Crippen LogP contribution in [0, 0.1) is 0 Å². The van der Waals surface area contributed by atoms with Crippen molar-refractivity contribution in [3.8, 4) is 0 Å². The van der Waals surface area contributed by atoms with Crippen LogP contribution >= 0.6 is 0 Å². The van der Waals surface area contributed by atoms with Gasteiger partial charge < -0.3 is 0 Å². The Balaban J connectivity index is 1.95. The zero-order valence-electron chi connectivity index (χ0n) is 11.9. The van der Waals surface area contributed by atoms with Gasteiger partial charge in [0.05, 0.1) is 0 Å². The lowest BCUT2D eigenvalue weighted by Gasteiger charge is -2.29. The Morgan fingerprint density at radius 1 is 0.550 bits per heavy atom. The first kappa shape index (κ1) is 13.2. The minimum absolute atomic E-state index is 0.642. The van der Waals surface area contributed by atoms with Crippen LogP contribution in [0.1, 0.15) is 48.6 Å². The number of hydrogen-bond acceptors (Lipinski definition) is 0. The van der Waals surface area contributed by atoms with Crippen LogP contribution in [0.4, 0.5) is 0 Å². The van der Waals surface area contributed by atoms with Gasteiger partial charge in [-0.2, -0.15) is 0 Å². The van der Waals surface area contributed by atoms with Crippen molar-refractivity contribution in [1.82, 2.24) is 0 Å². The third-order valence-corrected chi connectivity index (χ3v) is 4.40. The highest BCUT2D eigenvalue weighted by Gasteiger charge is 2.24. The van der Waals surface area contributed by atoms with E-state index in [0.717, 1.165) is 0 Å². The van der Waals surface area contributed by atoms with Gasteiger partial charge in [0.25, 0.3) is 0 Å². The van der Waals surface area contributed by atoms with E-state index in [1.54, 1.807) is 0 Å². The van der Waals surface area contributed by atoms with Crippen molar-refractivity contribution in [3.05, 3.63) is 83.9 Å². The molecule has 0 radical (unpaired) electrons. The second-order valence-corrected chi connectivity index (χ2v) is 5.66. The fourth-order valence-electron chi connectivity index (χ4n) is 3.39. The van der Waals surface area contributed by atoms with E-state index in [1.165, 1.54) is 36.8 Å². The average Bonchev–Trinajstić information content (AvgIpc) is 2.49. The van der Waals surface area contributed by atoms with Crippen molar-refractivity contribution >= 4 is 0 Å². The molecule has 2 atom stereocenters. The minimum atomic E-state index is 0.642. The molecule has 0 amide bonds. The third kappa shape index (κ3) is 3.01. The Kier molecular flexibility index (Phi) is 4.32. The van der Waals surface area contributed by atoms with Gasteiger partial charge in [0.2, 0.25) is 0 Å². The van der Waals surface area contributed by atoms with Gasteiger partial charge >= 0.3 is 0 Å². The van der Waals surface area contributed by atoms with Crippen molar-refractivity contribution in [2.24, 2.45) is 0 Å². The quantitative estimate of drug-likeness (QED) is 0.610. The van der Waals surface area contributed by atoms with Crippen molar-refractivity contribution in [1.29, 1.82) is 0 Å². The van der Waals surface area contributed by atoms with Crippen molar-refractivity contribution in [2.45, 2.75) is 37.5 Å². The molecule has 20 heavy (non-hydrogen) atoms. The molecule has 0 heteroatoms. The van der Waals surface area contributed by atoms with E-state index in [1.807, 2.05) is 0 Å². The van der Waals surface area contributed by atoms with Crippen LogP contribution in [0.5, 0.6) is 0 Å².